The van der Waals surface area contributed by atoms with Crippen LogP contribution >= 0.6 is 0 Å². The van der Waals surface area contributed by atoms with Crippen LogP contribution in [0, 0.1) is 18.3 Å². The van der Waals surface area contributed by atoms with Crippen LogP contribution in [0.1, 0.15) is 28.7 Å². The zero-order valence-corrected chi connectivity index (χ0v) is 14.4. The molecule has 3 nitrogen and oxygen atoms in total. The van der Waals surface area contributed by atoms with Gasteiger partial charge in [-0.25, -0.2) is 0 Å². The smallest absolute Gasteiger partial charge is 0.0991 e. The van der Waals surface area contributed by atoms with Crippen LogP contribution < -0.4 is 0 Å². The lowest BCUT2D eigenvalue weighted by atomic mass is 10.1. The average molecular weight is 319 g/mol. The van der Waals surface area contributed by atoms with Crippen LogP contribution in [0.25, 0.3) is 0 Å². The molecule has 0 atom stereocenters. The van der Waals surface area contributed by atoms with Gasteiger partial charge >= 0.3 is 0 Å². The summed E-state index contributed by atoms with van der Waals surface area (Å²) >= 11 is 0. The van der Waals surface area contributed by atoms with Crippen molar-refractivity contribution in [3.05, 3.63) is 70.8 Å². The van der Waals surface area contributed by atoms with E-state index in [-0.39, 0.29) is 0 Å². The summed E-state index contributed by atoms with van der Waals surface area (Å²) in [5.74, 6) is 0. The SMILES string of the molecule is Cc1cccc(CN2CCCN(Cc3ccc(C#N)cc3)CC2)c1. The van der Waals surface area contributed by atoms with E-state index >= 15 is 0 Å². The fourth-order valence-electron chi connectivity index (χ4n) is 3.35. The molecule has 0 aliphatic carbocycles. The maximum Gasteiger partial charge on any atom is 0.0991 e. The number of aryl methyl sites for hydroxylation is 1. The highest BCUT2D eigenvalue weighted by atomic mass is 15.2. The first-order valence-electron chi connectivity index (χ1n) is 8.72. The van der Waals surface area contributed by atoms with Gasteiger partial charge in [-0.2, -0.15) is 5.26 Å². The standard InChI is InChI=1S/C21H25N3/c1-18-4-2-5-21(14-18)17-24-11-3-10-23(12-13-24)16-20-8-6-19(15-22)7-9-20/h2,4-9,14H,3,10-13,16-17H2,1H3. The second-order valence-electron chi connectivity index (χ2n) is 6.70. The van der Waals surface area contributed by atoms with Crippen LogP contribution in [0.5, 0.6) is 0 Å². The van der Waals surface area contributed by atoms with Gasteiger partial charge < -0.3 is 0 Å². The van der Waals surface area contributed by atoms with Gasteiger partial charge in [-0.15, -0.1) is 0 Å². The first-order valence-corrected chi connectivity index (χ1v) is 8.72. The van der Waals surface area contributed by atoms with E-state index in [2.05, 4.69) is 59.2 Å². The van der Waals surface area contributed by atoms with Gasteiger partial charge in [0.1, 0.15) is 0 Å². The van der Waals surface area contributed by atoms with E-state index in [1.54, 1.807) is 0 Å². The molecule has 0 radical (unpaired) electrons. The highest BCUT2D eigenvalue weighted by Gasteiger charge is 2.15. The summed E-state index contributed by atoms with van der Waals surface area (Å²) in [6.07, 6.45) is 1.21. The van der Waals surface area contributed by atoms with E-state index in [1.165, 1.54) is 23.1 Å². The van der Waals surface area contributed by atoms with Gasteiger partial charge in [0.25, 0.3) is 0 Å². The molecule has 3 heteroatoms. The van der Waals surface area contributed by atoms with Crippen LogP contribution in [0.4, 0.5) is 0 Å². The minimum Gasteiger partial charge on any atom is -0.298 e. The zero-order chi connectivity index (χ0) is 16.8. The Kier molecular flexibility index (Phi) is 5.63. The van der Waals surface area contributed by atoms with Crippen molar-refractivity contribution in [2.45, 2.75) is 26.4 Å². The monoisotopic (exact) mass is 319 g/mol. The Hall–Kier alpha value is -2.15. The van der Waals surface area contributed by atoms with Crippen LogP contribution in [-0.4, -0.2) is 36.0 Å². The summed E-state index contributed by atoms with van der Waals surface area (Å²) in [7, 11) is 0. The minimum absolute atomic E-state index is 0.735. The molecule has 1 heterocycles. The summed E-state index contributed by atoms with van der Waals surface area (Å²) in [5, 5.41) is 8.89. The second kappa shape index (κ2) is 8.10. The molecule has 124 valence electrons. The predicted molar refractivity (Wildman–Crippen MR) is 97.5 cm³/mol. The molecule has 0 aromatic heterocycles. The molecule has 0 spiro atoms. The molecule has 1 fully saturated rings. The van der Waals surface area contributed by atoms with Crippen LogP contribution in [0.3, 0.4) is 0 Å². The highest BCUT2D eigenvalue weighted by Crippen LogP contribution is 2.13. The number of hydrogen-bond donors (Lipinski definition) is 0. The van der Waals surface area contributed by atoms with Crippen LogP contribution in [0.2, 0.25) is 0 Å². The maximum absolute atomic E-state index is 8.89. The highest BCUT2D eigenvalue weighted by molar-refractivity contribution is 5.31. The van der Waals surface area contributed by atoms with Gasteiger partial charge in [0.15, 0.2) is 0 Å². The summed E-state index contributed by atoms with van der Waals surface area (Å²) in [4.78, 5) is 5.09. The summed E-state index contributed by atoms with van der Waals surface area (Å²) < 4.78 is 0. The molecule has 1 aliphatic rings. The molecule has 3 rings (SSSR count). The molecule has 0 amide bonds. The average Bonchev–Trinajstić information content (AvgIpc) is 2.81. The van der Waals surface area contributed by atoms with E-state index in [9.17, 15) is 0 Å². The van der Waals surface area contributed by atoms with Gasteiger partial charge in [0, 0.05) is 26.2 Å². The third-order valence-corrected chi connectivity index (χ3v) is 4.66. The van der Waals surface area contributed by atoms with Crippen molar-refractivity contribution in [2.24, 2.45) is 0 Å². The lowest BCUT2D eigenvalue weighted by Gasteiger charge is -2.22. The molecule has 0 N–H and O–H groups in total. The van der Waals surface area contributed by atoms with Crippen LogP contribution in [-0.2, 0) is 13.1 Å². The van der Waals surface area contributed by atoms with Gasteiger partial charge in [0.2, 0.25) is 0 Å². The number of nitrogens with zero attached hydrogens (tertiary/aromatic N) is 3. The third-order valence-electron chi connectivity index (χ3n) is 4.66. The van der Waals surface area contributed by atoms with Gasteiger partial charge in [-0.05, 0) is 49.7 Å². The maximum atomic E-state index is 8.89. The fraction of sp³-hybridized carbons (Fsp3) is 0.381. The Balaban J connectivity index is 1.53. The van der Waals surface area contributed by atoms with Gasteiger partial charge in [-0.3, -0.25) is 9.80 Å². The van der Waals surface area contributed by atoms with Crippen molar-refractivity contribution in [1.82, 2.24) is 9.80 Å². The molecule has 2 aromatic rings. The molecule has 2 aromatic carbocycles. The molecule has 0 saturated carbocycles. The molecular formula is C21H25N3. The third kappa shape index (κ3) is 4.67. The summed E-state index contributed by atoms with van der Waals surface area (Å²) in [5.41, 5.74) is 4.78. The van der Waals surface area contributed by atoms with Crippen LogP contribution in [0.15, 0.2) is 48.5 Å². The second-order valence-corrected chi connectivity index (χ2v) is 6.70. The van der Waals surface area contributed by atoms with Crippen molar-refractivity contribution in [3.8, 4) is 6.07 Å². The number of benzene rings is 2. The van der Waals surface area contributed by atoms with E-state index in [0.717, 1.165) is 44.8 Å². The first kappa shape index (κ1) is 16.7. The molecule has 1 saturated heterocycles. The fourth-order valence-corrected chi connectivity index (χ4v) is 3.35. The lowest BCUT2D eigenvalue weighted by Crippen LogP contribution is -2.30. The Labute approximate surface area is 145 Å². The van der Waals surface area contributed by atoms with Crippen molar-refractivity contribution in [2.75, 3.05) is 26.2 Å². The summed E-state index contributed by atoms with van der Waals surface area (Å²) in [6, 6.07) is 19.0. The predicted octanol–water partition coefficient (Wildman–Crippen LogP) is 3.57. The topological polar surface area (TPSA) is 30.3 Å². The summed E-state index contributed by atoms with van der Waals surface area (Å²) in [6.45, 7) is 8.71. The van der Waals surface area contributed by atoms with Crippen molar-refractivity contribution in [1.29, 1.82) is 5.26 Å². The Bertz CT molecular complexity index is 700. The minimum atomic E-state index is 0.735. The van der Waals surface area contributed by atoms with E-state index < -0.39 is 0 Å². The van der Waals surface area contributed by atoms with Gasteiger partial charge in [0.05, 0.1) is 11.6 Å². The largest absolute Gasteiger partial charge is 0.298 e. The van der Waals surface area contributed by atoms with Crippen molar-refractivity contribution < 1.29 is 0 Å². The normalized spacial score (nSPS) is 16.5. The van der Waals surface area contributed by atoms with Gasteiger partial charge in [-0.1, -0.05) is 42.0 Å². The van der Waals surface area contributed by atoms with E-state index in [4.69, 9.17) is 5.26 Å². The Morgan fingerprint density at radius 2 is 1.54 bits per heavy atom. The van der Waals surface area contributed by atoms with Crippen molar-refractivity contribution >= 4 is 0 Å². The van der Waals surface area contributed by atoms with E-state index in [1.807, 2.05) is 12.1 Å². The molecule has 1 aliphatic heterocycles. The number of rotatable bonds is 4. The molecule has 0 bridgehead atoms. The number of hydrogen-bond acceptors (Lipinski definition) is 3. The Morgan fingerprint density at radius 3 is 2.17 bits per heavy atom. The quantitative estimate of drug-likeness (QED) is 0.863. The van der Waals surface area contributed by atoms with E-state index in [0.29, 0.717) is 0 Å². The lowest BCUT2D eigenvalue weighted by molar-refractivity contribution is 0.247. The molecule has 0 unspecified atom stereocenters. The first-order chi connectivity index (χ1) is 11.7. The number of nitriles is 1. The molecule has 24 heavy (non-hydrogen) atoms. The Morgan fingerprint density at radius 1 is 0.875 bits per heavy atom. The van der Waals surface area contributed by atoms with Crippen molar-refractivity contribution in [3.63, 3.8) is 0 Å². The zero-order valence-electron chi connectivity index (χ0n) is 14.4. The molecular weight excluding hydrogens is 294 g/mol.